The number of hydrogen-bond acceptors (Lipinski definition) is 0. The van der Waals surface area contributed by atoms with Gasteiger partial charge >= 0.3 is 0 Å². The van der Waals surface area contributed by atoms with E-state index in [0.29, 0.717) is 0 Å². The average molecular weight is 185 g/mol. The van der Waals surface area contributed by atoms with Gasteiger partial charge in [0.05, 0.1) is 0 Å². The predicted molar refractivity (Wildman–Crippen MR) is 58.3 cm³/mol. The first-order chi connectivity index (χ1) is 6.61. The Morgan fingerprint density at radius 3 is 2.36 bits per heavy atom. The van der Waals surface area contributed by atoms with E-state index >= 15 is 0 Å². The lowest BCUT2D eigenvalue weighted by molar-refractivity contribution is 0.357. The Bertz CT molecular complexity index is 498. The highest BCUT2D eigenvalue weighted by atomic mass is 16.3. The van der Waals surface area contributed by atoms with E-state index in [1.54, 1.807) is 0 Å². The Hall–Kier alpha value is -1.50. The van der Waals surface area contributed by atoms with Gasteiger partial charge in [-0.05, 0) is 42.8 Å². The van der Waals surface area contributed by atoms with E-state index in [9.17, 15) is 5.11 Å². The maximum Gasteiger partial charge on any atom is 0.189 e. The monoisotopic (exact) mass is 185 g/mol. The van der Waals surface area contributed by atoms with Crippen molar-refractivity contribution in [3.8, 4) is 5.75 Å². The molecule has 0 saturated heterocycles. The first-order valence-electron chi connectivity index (χ1n) is 4.78. The molecule has 0 N–H and O–H groups in total. The molecule has 0 spiro atoms. The van der Waals surface area contributed by atoms with Crippen LogP contribution >= 0.6 is 0 Å². The summed E-state index contributed by atoms with van der Waals surface area (Å²) in [5.41, 5.74) is 3.09. The van der Waals surface area contributed by atoms with Crippen LogP contribution in [0.15, 0.2) is 24.3 Å². The van der Waals surface area contributed by atoms with E-state index in [4.69, 9.17) is 0 Å². The second-order valence-electron chi connectivity index (χ2n) is 3.84. The molecule has 1 nitrogen and oxygen atoms in total. The van der Waals surface area contributed by atoms with Gasteiger partial charge in [0.15, 0.2) is 5.75 Å². The van der Waals surface area contributed by atoms with E-state index in [0.717, 1.165) is 21.9 Å². The highest BCUT2D eigenvalue weighted by molar-refractivity contribution is 5.94. The van der Waals surface area contributed by atoms with Gasteiger partial charge in [0.2, 0.25) is 0 Å². The van der Waals surface area contributed by atoms with Crippen molar-refractivity contribution in [1.82, 2.24) is 0 Å². The SMILES string of the molecule is Cc1cc(C)c2cccc(C)c2c1[O]. The van der Waals surface area contributed by atoms with Crippen molar-refractivity contribution in [2.45, 2.75) is 20.8 Å². The highest BCUT2D eigenvalue weighted by Crippen LogP contribution is 2.33. The number of aryl methyl sites for hydroxylation is 3. The van der Waals surface area contributed by atoms with Crippen LogP contribution in [-0.4, -0.2) is 0 Å². The Morgan fingerprint density at radius 2 is 1.64 bits per heavy atom. The molecule has 2 aromatic carbocycles. The minimum atomic E-state index is 0.170. The molecule has 2 rings (SSSR count). The van der Waals surface area contributed by atoms with Crippen molar-refractivity contribution in [1.29, 1.82) is 0 Å². The van der Waals surface area contributed by atoms with Gasteiger partial charge in [0.25, 0.3) is 0 Å². The molecular weight excluding hydrogens is 172 g/mol. The fourth-order valence-corrected chi connectivity index (χ4v) is 1.96. The molecule has 0 bridgehead atoms. The van der Waals surface area contributed by atoms with Crippen molar-refractivity contribution in [2.75, 3.05) is 0 Å². The maximum atomic E-state index is 11.9. The van der Waals surface area contributed by atoms with E-state index in [1.165, 1.54) is 5.56 Å². The lowest BCUT2D eigenvalue weighted by Gasteiger charge is -2.08. The molecule has 1 heteroatoms. The summed E-state index contributed by atoms with van der Waals surface area (Å²) < 4.78 is 0. The van der Waals surface area contributed by atoms with Gasteiger partial charge in [0, 0.05) is 5.39 Å². The van der Waals surface area contributed by atoms with E-state index in [1.807, 2.05) is 45.0 Å². The molecule has 0 amide bonds. The summed E-state index contributed by atoms with van der Waals surface area (Å²) in [6.45, 7) is 5.91. The van der Waals surface area contributed by atoms with Gasteiger partial charge < -0.3 is 0 Å². The molecule has 0 heterocycles. The van der Waals surface area contributed by atoms with Crippen LogP contribution in [-0.2, 0) is 5.11 Å². The smallest absolute Gasteiger partial charge is 0.189 e. The standard InChI is InChI=1S/C13H13O/c1-8-5-4-6-11-9(2)7-10(3)13(14)12(8)11/h4-7H,1-3H3. The van der Waals surface area contributed by atoms with Crippen LogP contribution < -0.4 is 0 Å². The van der Waals surface area contributed by atoms with Crippen molar-refractivity contribution in [2.24, 2.45) is 0 Å². The first-order valence-corrected chi connectivity index (χ1v) is 4.78. The number of fused-ring (bicyclic) bond motifs is 1. The molecule has 71 valence electrons. The van der Waals surface area contributed by atoms with Crippen molar-refractivity contribution < 1.29 is 5.11 Å². The largest absolute Gasteiger partial charge is 0.289 e. The quantitative estimate of drug-likeness (QED) is 0.593. The molecule has 0 saturated carbocycles. The third kappa shape index (κ3) is 1.17. The zero-order valence-corrected chi connectivity index (χ0v) is 8.72. The predicted octanol–water partition coefficient (Wildman–Crippen LogP) is 3.91. The molecule has 0 aromatic heterocycles. The molecular formula is C13H13O. The summed E-state index contributed by atoms with van der Waals surface area (Å²) in [4.78, 5) is 0. The summed E-state index contributed by atoms with van der Waals surface area (Å²) >= 11 is 0. The lowest BCUT2D eigenvalue weighted by Crippen LogP contribution is -1.85. The number of hydrogen-bond donors (Lipinski definition) is 0. The molecule has 1 radical (unpaired) electrons. The van der Waals surface area contributed by atoms with E-state index < -0.39 is 0 Å². The molecule has 0 unspecified atom stereocenters. The lowest BCUT2D eigenvalue weighted by atomic mass is 9.98. The topological polar surface area (TPSA) is 19.9 Å². The molecule has 0 aliphatic heterocycles. The second kappa shape index (κ2) is 3.02. The Balaban J connectivity index is 3.03. The van der Waals surface area contributed by atoms with Crippen molar-refractivity contribution >= 4 is 10.8 Å². The molecule has 0 atom stereocenters. The summed E-state index contributed by atoms with van der Waals surface area (Å²) in [6, 6.07) is 7.96. The van der Waals surface area contributed by atoms with Crippen LogP contribution in [0.3, 0.4) is 0 Å². The van der Waals surface area contributed by atoms with Gasteiger partial charge in [-0.1, -0.05) is 24.3 Å². The van der Waals surface area contributed by atoms with Crippen LogP contribution in [0.5, 0.6) is 5.75 Å². The fraction of sp³-hybridized carbons (Fsp3) is 0.231. The number of benzene rings is 2. The van der Waals surface area contributed by atoms with Gasteiger partial charge in [0.1, 0.15) is 0 Å². The van der Waals surface area contributed by atoms with Gasteiger partial charge in [-0.2, -0.15) is 0 Å². The summed E-state index contributed by atoms with van der Waals surface area (Å²) in [6.07, 6.45) is 0. The van der Waals surface area contributed by atoms with Crippen molar-refractivity contribution in [3.63, 3.8) is 0 Å². The average Bonchev–Trinajstić information content (AvgIpc) is 2.14. The minimum absolute atomic E-state index is 0.170. The molecule has 14 heavy (non-hydrogen) atoms. The third-order valence-corrected chi connectivity index (χ3v) is 2.72. The highest BCUT2D eigenvalue weighted by Gasteiger charge is 2.09. The van der Waals surface area contributed by atoms with Crippen LogP contribution in [0, 0.1) is 20.8 Å². The van der Waals surface area contributed by atoms with Crippen molar-refractivity contribution in [3.05, 3.63) is 41.0 Å². The van der Waals surface area contributed by atoms with Gasteiger partial charge in [-0.3, -0.25) is 5.11 Å². The summed E-state index contributed by atoms with van der Waals surface area (Å²) in [5.74, 6) is 0.170. The van der Waals surface area contributed by atoms with Crippen LogP contribution in [0.25, 0.3) is 10.8 Å². The Labute approximate surface area is 84.0 Å². The molecule has 2 aromatic rings. The fourth-order valence-electron chi connectivity index (χ4n) is 1.96. The summed E-state index contributed by atoms with van der Waals surface area (Å²) in [5, 5.41) is 13.9. The molecule has 0 aliphatic carbocycles. The molecule has 0 fully saturated rings. The minimum Gasteiger partial charge on any atom is -0.289 e. The van der Waals surface area contributed by atoms with Crippen LogP contribution in [0.1, 0.15) is 16.7 Å². The van der Waals surface area contributed by atoms with Crippen LogP contribution in [0.4, 0.5) is 0 Å². The first kappa shape index (κ1) is 9.07. The zero-order valence-electron chi connectivity index (χ0n) is 8.72. The summed E-state index contributed by atoms with van der Waals surface area (Å²) in [7, 11) is 0. The van der Waals surface area contributed by atoms with E-state index in [2.05, 4.69) is 0 Å². The normalized spacial score (nSPS) is 10.8. The third-order valence-electron chi connectivity index (χ3n) is 2.72. The molecule has 0 aliphatic rings. The Kier molecular flexibility index (Phi) is 1.95. The van der Waals surface area contributed by atoms with Crippen LogP contribution in [0.2, 0.25) is 0 Å². The second-order valence-corrected chi connectivity index (χ2v) is 3.84. The Morgan fingerprint density at radius 1 is 0.929 bits per heavy atom. The van der Waals surface area contributed by atoms with Gasteiger partial charge in [-0.15, -0.1) is 0 Å². The number of rotatable bonds is 0. The van der Waals surface area contributed by atoms with E-state index in [-0.39, 0.29) is 5.75 Å². The zero-order chi connectivity index (χ0) is 10.3. The van der Waals surface area contributed by atoms with Gasteiger partial charge in [-0.25, -0.2) is 0 Å². The maximum absolute atomic E-state index is 11.9.